The van der Waals surface area contributed by atoms with Crippen LogP contribution in [-0.4, -0.2) is 37.8 Å². The predicted molar refractivity (Wildman–Crippen MR) is 68.6 cm³/mol. The minimum atomic E-state index is -3.77. The number of H-pyrrole nitrogens is 1. The fraction of sp³-hybridized carbons (Fsp3) is 0.545. The highest BCUT2D eigenvalue weighted by atomic mass is 32.2. The highest BCUT2D eigenvalue weighted by molar-refractivity contribution is 7.89. The molecule has 1 amide bonds. The number of nitrogens with two attached hydrogens (primary N) is 1. The number of hydrogen-bond acceptors (Lipinski definition) is 3. The number of carbonyl (C=O) groups is 1. The van der Waals surface area contributed by atoms with Gasteiger partial charge < -0.3 is 9.88 Å². The molecule has 0 spiro atoms. The molecule has 102 valence electrons. The summed E-state index contributed by atoms with van der Waals surface area (Å²) in [4.78, 5) is 16.1. The lowest BCUT2D eigenvalue weighted by Gasteiger charge is -2.17. The van der Waals surface area contributed by atoms with Crippen LogP contribution in [-0.2, 0) is 10.0 Å². The van der Waals surface area contributed by atoms with E-state index in [1.165, 1.54) is 12.3 Å². The molecule has 0 radical (unpaired) electrons. The first-order chi connectivity index (χ1) is 8.21. The Morgan fingerprint density at radius 2 is 2.11 bits per heavy atom. The third-order valence-corrected chi connectivity index (χ3v) is 3.50. The molecule has 0 aliphatic heterocycles. The molecule has 0 atom stereocenters. The first kappa shape index (κ1) is 14.7. The van der Waals surface area contributed by atoms with Crippen molar-refractivity contribution < 1.29 is 13.2 Å². The maximum atomic E-state index is 12.0. The largest absolute Gasteiger partial charge is 0.356 e. The first-order valence-corrected chi connectivity index (χ1v) is 7.23. The van der Waals surface area contributed by atoms with Gasteiger partial charge in [-0.3, -0.25) is 4.79 Å². The van der Waals surface area contributed by atoms with Crippen LogP contribution >= 0.6 is 0 Å². The van der Waals surface area contributed by atoms with Crippen LogP contribution in [0.4, 0.5) is 0 Å². The van der Waals surface area contributed by atoms with Crippen LogP contribution in [0.15, 0.2) is 17.2 Å². The maximum Gasteiger partial charge on any atom is 0.270 e. The second-order valence-electron chi connectivity index (χ2n) is 4.70. The van der Waals surface area contributed by atoms with Crippen LogP contribution in [0.2, 0.25) is 0 Å². The smallest absolute Gasteiger partial charge is 0.270 e. The van der Waals surface area contributed by atoms with E-state index in [0.29, 0.717) is 12.5 Å². The van der Waals surface area contributed by atoms with Gasteiger partial charge >= 0.3 is 0 Å². The summed E-state index contributed by atoms with van der Waals surface area (Å²) >= 11 is 0. The Balaban J connectivity index is 2.76. The fourth-order valence-electron chi connectivity index (χ4n) is 1.42. The Bertz CT molecular complexity index is 519. The van der Waals surface area contributed by atoms with Crippen LogP contribution in [0.25, 0.3) is 0 Å². The Kier molecular flexibility index (Phi) is 4.53. The summed E-state index contributed by atoms with van der Waals surface area (Å²) in [6, 6.07) is 1.25. The van der Waals surface area contributed by atoms with E-state index in [1.54, 1.807) is 11.9 Å². The minimum Gasteiger partial charge on any atom is -0.356 e. The molecule has 18 heavy (non-hydrogen) atoms. The third-order valence-electron chi connectivity index (χ3n) is 2.60. The number of aromatic nitrogens is 1. The SMILES string of the molecule is CC(C)CCN(C)C(=O)c1cc(S(N)(=O)=O)c[nH]1. The number of nitrogens with zero attached hydrogens (tertiary/aromatic N) is 1. The summed E-state index contributed by atoms with van der Waals surface area (Å²) in [5.74, 6) is 0.259. The first-order valence-electron chi connectivity index (χ1n) is 5.68. The molecule has 3 N–H and O–H groups in total. The number of aromatic amines is 1. The van der Waals surface area contributed by atoms with Gasteiger partial charge in [0.25, 0.3) is 5.91 Å². The number of sulfonamides is 1. The molecule has 1 aromatic heterocycles. The summed E-state index contributed by atoms with van der Waals surface area (Å²) < 4.78 is 22.2. The molecule has 6 nitrogen and oxygen atoms in total. The van der Waals surface area contributed by atoms with Gasteiger partial charge in [-0.1, -0.05) is 13.8 Å². The van der Waals surface area contributed by atoms with Crippen LogP contribution < -0.4 is 5.14 Å². The van der Waals surface area contributed by atoms with E-state index < -0.39 is 10.0 Å². The zero-order valence-electron chi connectivity index (χ0n) is 10.8. The molecule has 0 saturated heterocycles. The molecule has 1 aromatic rings. The number of nitrogens with one attached hydrogen (secondary N) is 1. The molecule has 0 unspecified atom stereocenters. The monoisotopic (exact) mass is 273 g/mol. The van der Waals surface area contributed by atoms with E-state index in [-0.39, 0.29) is 16.5 Å². The molecule has 1 rings (SSSR count). The van der Waals surface area contributed by atoms with Crippen molar-refractivity contribution in [2.45, 2.75) is 25.2 Å². The molecule has 0 saturated carbocycles. The molecule has 1 heterocycles. The summed E-state index contributed by atoms with van der Waals surface area (Å²) in [6.07, 6.45) is 2.11. The van der Waals surface area contributed by atoms with E-state index in [2.05, 4.69) is 18.8 Å². The summed E-state index contributed by atoms with van der Waals surface area (Å²) in [7, 11) is -2.09. The Labute approximate surface area is 107 Å². The average molecular weight is 273 g/mol. The zero-order chi connectivity index (χ0) is 13.9. The molecular formula is C11H19N3O3S. The van der Waals surface area contributed by atoms with E-state index in [9.17, 15) is 13.2 Å². The van der Waals surface area contributed by atoms with Crippen molar-refractivity contribution in [3.05, 3.63) is 18.0 Å². The van der Waals surface area contributed by atoms with Gasteiger partial charge in [0, 0.05) is 19.8 Å². The van der Waals surface area contributed by atoms with E-state index in [4.69, 9.17) is 5.14 Å². The van der Waals surface area contributed by atoms with Gasteiger partial charge in [-0.05, 0) is 18.4 Å². The van der Waals surface area contributed by atoms with Crippen molar-refractivity contribution >= 4 is 15.9 Å². The van der Waals surface area contributed by atoms with Crippen molar-refractivity contribution in [2.24, 2.45) is 11.1 Å². The van der Waals surface area contributed by atoms with Crippen molar-refractivity contribution in [2.75, 3.05) is 13.6 Å². The van der Waals surface area contributed by atoms with Gasteiger partial charge in [-0.2, -0.15) is 0 Å². The van der Waals surface area contributed by atoms with Gasteiger partial charge in [0.05, 0.1) is 4.90 Å². The van der Waals surface area contributed by atoms with Gasteiger partial charge in [0.2, 0.25) is 10.0 Å². The molecule has 0 aromatic carbocycles. The van der Waals surface area contributed by atoms with Gasteiger partial charge in [0.1, 0.15) is 5.69 Å². The van der Waals surface area contributed by atoms with Gasteiger partial charge in [0.15, 0.2) is 0 Å². The number of rotatable bonds is 5. The Morgan fingerprint density at radius 1 is 1.50 bits per heavy atom. The lowest BCUT2D eigenvalue weighted by atomic mass is 10.1. The maximum absolute atomic E-state index is 12.0. The van der Waals surface area contributed by atoms with Crippen LogP contribution in [0.3, 0.4) is 0 Å². The highest BCUT2D eigenvalue weighted by Crippen LogP contribution is 2.11. The number of carbonyl (C=O) groups excluding carboxylic acids is 1. The second kappa shape index (κ2) is 5.53. The molecule has 0 bridgehead atoms. The summed E-state index contributed by atoms with van der Waals surface area (Å²) in [5.41, 5.74) is 0.227. The van der Waals surface area contributed by atoms with Crippen molar-refractivity contribution in [1.29, 1.82) is 0 Å². The molecule has 0 aliphatic carbocycles. The second-order valence-corrected chi connectivity index (χ2v) is 6.26. The molecular weight excluding hydrogens is 254 g/mol. The number of hydrogen-bond donors (Lipinski definition) is 2. The standard InChI is InChI=1S/C11H19N3O3S/c1-8(2)4-5-14(3)11(15)10-6-9(7-13-10)18(12,16)17/h6-8,13H,4-5H2,1-3H3,(H2,12,16,17). The summed E-state index contributed by atoms with van der Waals surface area (Å²) in [5, 5.41) is 4.97. The van der Waals surface area contributed by atoms with E-state index >= 15 is 0 Å². The van der Waals surface area contributed by atoms with Gasteiger partial charge in [-0.25, -0.2) is 13.6 Å². The summed E-state index contributed by atoms with van der Waals surface area (Å²) in [6.45, 7) is 4.78. The topological polar surface area (TPSA) is 96.3 Å². The minimum absolute atomic E-state index is 0.0805. The predicted octanol–water partition coefficient (Wildman–Crippen LogP) is 0.780. The van der Waals surface area contributed by atoms with E-state index in [0.717, 1.165) is 6.42 Å². The quantitative estimate of drug-likeness (QED) is 0.829. The normalized spacial score (nSPS) is 11.8. The van der Waals surface area contributed by atoms with Crippen molar-refractivity contribution in [3.8, 4) is 0 Å². The highest BCUT2D eigenvalue weighted by Gasteiger charge is 2.17. The number of amides is 1. The van der Waals surface area contributed by atoms with Crippen LogP contribution in [0.5, 0.6) is 0 Å². The fourth-order valence-corrected chi connectivity index (χ4v) is 1.93. The Hall–Kier alpha value is -1.34. The van der Waals surface area contributed by atoms with Crippen LogP contribution in [0, 0.1) is 5.92 Å². The third kappa shape index (κ3) is 3.85. The van der Waals surface area contributed by atoms with E-state index in [1.807, 2.05) is 0 Å². The molecule has 7 heteroatoms. The lowest BCUT2D eigenvalue weighted by molar-refractivity contribution is 0.0784. The average Bonchev–Trinajstić information content (AvgIpc) is 2.73. The lowest BCUT2D eigenvalue weighted by Crippen LogP contribution is -2.28. The van der Waals surface area contributed by atoms with Crippen molar-refractivity contribution in [3.63, 3.8) is 0 Å². The van der Waals surface area contributed by atoms with Gasteiger partial charge in [-0.15, -0.1) is 0 Å². The van der Waals surface area contributed by atoms with Crippen LogP contribution in [0.1, 0.15) is 30.8 Å². The molecule has 0 aliphatic rings. The van der Waals surface area contributed by atoms with Crippen molar-refractivity contribution in [1.82, 2.24) is 9.88 Å². The number of primary sulfonamides is 1. The Morgan fingerprint density at radius 3 is 2.56 bits per heavy atom. The zero-order valence-corrected chi connectivity index (χ0v) is 11.6. The molecule has 0 fully saturated rings.